The third-order valence-electron chi connectivity index (χ3n) is 3.77. The highest BCUT2D eigenvalue weighted by Crippen LogP contribution is 2.19. The number of benzene rings is 1. The summed E-state index contributed by atoms with van der Waals surface area (Å²) in [6, 6.07) is 14.6. The van der Waals surface area contributed by atoms with Gasteiger partial charge in [-0.1, -0.05) is 30.3 Å². The fourth-order valence-corrected chi connectivity index (χ4v) is 2.45. The maximum absolute atomic E-state index is 12.0. The number of amides is 1. The molecule has 0 saturated carbocycles. The summed E-state index contributed by atoms with van der Waals surface area (Å²) < 4.78 is 5.34. The molecule has 0 aliphatic heterocycles. The Bertz CT molecular complexity index is 842. The molecule has 3 rings (SSSR count). The molecule has 0 aliphatic carbocycles. The van der Waals surface area contributed by atoms with Crippen LogP contribution in [-0.2, 0) is 11.3 Å². The second kappa shape index (κ2) is 8.06. The van der Waals surface area contributed by atoms with E-state index in [1.807, 2.05) is 36.4 Å². The second-order valence-corrected chi connectivity index (χ2v) is 5.63. The summed E-state index contributed by atoms with van der Waals surface area (Å²) in [7, 11) is 0. The van der Waals surface area contributed by atoms with E-state index in [0.29, 0.717) is 12.1 Å². The molecule has 25 heavy (non-hydrogen) atoms. The van der Waals surface area contributed by atoms with E-state index >= 15 is 0 Å². The molecule has 0 atom stereocenters. The van der Waals surface area contributed by atoms with Crippen molar-refractivity contribution in [2.75, 3.05) is 0 Å². The van der Waals surface area contributed by atoms with Crippen molar-refractivity contribution in [2.24, 2.45) is 0 Å². The Morgan fingerprint density at radius 2 is 1.84 bits per heavy atom. The summed E-state index contributed by atoms with van der Waals surface area (Å²) in [6.45, 7) is 0.361. The smallest absolute Gasteiger partial charge is 0.220 e. The van der Waals surface area contributed by atoms with Gasteiger partial charge in [0.2, 0.25) is 5.91 Å². The summed E-state index contributed by atoms with van der Waals surface area (Å²) in [4.78, 5) is 28.1. The highest BCUT2D eigenvalue weighted by molar-refractivity contribution is 5.97. The molecular weight excluding hydrogens is 316 g/mol. The largest absolute Gasteiger partial charge is 0.464 e. The van der Waals surface area contributed by atoms with Gasteiger partial charge < -0.3 is 9.73 Å². The molecule has 1 N–H and O–H groups in total. The predicted octanol–water partition coefficient (Wildman–Crippen LogP) is 3.62. The van der Waals surface area contributed by atoms with Crippen LogP contribution in [0.5, 0.6) is 0 Å². The van der Waals surface area contributed by atoms with Crippen molar-refractivity contribution >= 4 is 11.7 Å². The highest BCUT2D eigenvalue weighted by Gasteiger charge is 2.09. The van der Waals surface area contributed by atoms with Crippen molar-refractivity contribution in [1.82, 2.24) is 10.3 Å². The molecule has 0 fully saturated rings. The van der Waals surface area contributed by atoms with E-state index in [1.54, 1.807) is 30.8 Å². The summed E-state index contributed by atoms with van der Waals surface area (Å²) in [5, 5.41) is 2.82. The zero-order valence-electron chi connectivity index (χ0n) is 13.6. The van der Waals surface area contributed by atoms with E-state index in [4.69, 9.17) is 4.42 Å². The fraction of sp³-hybridized carbons (Fsp3) is 0.150. The molecule has 1 amide bonds. The van der Waals surface area contributed by atoms with Gasteiger partial charge in [-0.2, -0.15) is 0 Å². The Hall–Kier alpha value is -3.21. The number of aromatic nitrogens is 1. The standard InChI is InChI=1S/C20H18N2O3/c23-18(16-5-2-1-3-6-16)8-9-20(24)22-13-15-11-17(14-21-12-15)19-7-4-10-25-19/h1-7,10-12,14H,8-9,13H2,(H,22,24). The summed E-state index contributed by atoms with van der Waals surface area (Å²) in [5.74, 6) is 0.541. The molecule has 2 heterocycles. The quantitative estimate of drug-likeness (QED) is 0.670. The molecule has 0 radical (unpaired) electrons. The van der Waals surface area contributed by atoms with E-state index < -0.39 is 0 Å². The minimum atomic E-state index is -0.160. The van der Waals surface area contributed by atoms with Crippen LogP contribution in [-0.4, -0.2) is 16.7 Å². The molecule has 0 bridgehead atoms. The molecule has 5 nitrogen and oxygen atoms in total. The lowest BCUT2D eigenvalue weighted by molar-refractivity contribution is -0.121. The lowest BCUT2D eigenvalue weighted by Gasteiger charge is -2.06. The van der Waals surface area contributed by atoms with Gasteiger partial charge >= 0.3 is 0 Å². The number of pyridine rings is 1. The van der Waals surface area contributed by atoms with Gasteiger partial charge in [-0.3, -0.25) is 14.6 Å². The lowest BCUT2D eigenvalue weighted by Crippen LogP contribution is -2.23. The Kier molecular flexibility index (Phi) is 5.36. The maximum Gasteiger partial charge on any atom is 0.220 e. The summed E-state index contributed by atoms with van der Waals surface area (Å²) in [6.07, 6.45) is 5.37. The van der Waals surface area contributed by atoms with Crippen LogP contribution >= 0.6 is 0 Å². The third-order valence-corrected chi connectivity index (χ3v) is 3.77. The fourth-order valence-electron chi connectivity index (χ4n) is 2.45. The number of carbonyl (C=O) groups is 2. The van der Waals surface area contributed by atoms with Crippen LogP contribution in [0.2, 0.25) is 0 Å². The van der Waals surface area contributed by atoms with Gasteiger partial charge in [0.15, 0.2) is 5.78 Å². The van der Waals surface area contributed by atoms with Crippen LogP contribution < -0.4 is 5.32 Å². The van der Waals surface area contributed by atoms with Crippen molar-refractivity contribution in [2.45, 2.75) is 19.4 Å². The number of nitrogens with one attached hydrogen (secondary N) is 1. The van der Waals surface area contributed by atoms with Gasteiger partial charge in [0.1, 0.15) is 5.76 Å². The van der Waals surface area contributed by atoms with Crippen LogP contribution in [0, 0.1) is 0 Å². The first-order chi connectivity index (χ1) is 12.2. The second-order valence-electron chi connectivity index (χ2n) is 5.63. The van der Waals surface area contributed by atoms with Gasteiger partial charge in [0.05, 0.1) is 6.26 Å². The normalized spacial score (nSPS) is 10.4. The van der Waals surface area contributed by atoms with Gasteiger partial charge in [-0.15, -0.1) is 0 Å². The number of rotatable bonds is 7. The number of Topliss-reactive ketones (excluding diaryl/α,β-unsaturated/α-hetero) is 1. The Labute approximate surface area is 145 Å². The van der Waals surface area contributed by atoms with E-state index in [2.05, 4.69) is 10.3 Å². The zero-order valence-corrected chi connectivity index (χ0v) is 13.6. The minimum Gasteiger partial charge on any atom is -0.464 e. The minimum absolute atomic E-state index is 0.0303. The Balaban J connectivity index is 1.49. The van der Waals surface area contributed by atoms with E-state index in [1.165, 1.54) is 0 Å². The molecule has 0 saturated heterocycles. The van der Waals surface area contributed by atoms with E-state index in [-0.39, 0.29) is 24.5 Å². The van der Waals surface area contributed by atoms with Crippen LogP contribution in [0.25, 0.3) is 11.3 Å². The van der Waals surface area contributed by atoms with Gasteiger partial charge in [0.25, 0.3) is 0 Å². The number of furan rings is 1. The maximum atomic E-state index is 12.0. The monoisotopic (exact) mass is 334 g/mol. The van der Waals surface area contributed by atoms with E-state index in [9.17, 15) is 9.59 Å². The summed E-state index contributed by atoms with van der Waals surface area (Å²) >= 11 is 0. The molecule has 3 aromatic rings. The van der Waals surface area contributed by atoms with Crippen molar-refractivity contribution < 1.29 is 14.0 Å². The number of hydrogen-bond donors (Lipinski definition) is 1. The zero-order chi connectivity index (χ0) is 17.5. The number of nitrogens with zero attached hydrogens (tertiary/aromatic N) is 1. The average Bonchev–Trinajstić information content (AvgIpc) is 3.20. The van der Waals surface area contributed by atoms with Crippen LogP contribution in [0.15, 0.2) is 71.6 Å². The van der Waals surface area contributed by atoms with Crippen molar-refractivity contribution in [3.05, 3.63) is 78.3 Å². The number of ketones is 1. The molecule has 5 heteroatoms. The predicted molar refractivity (Wildman–Crippen MR) is 93.8 cm³/mol. The first kappa shape index (κ1) is 16.6. The van der Waals surface area contributed by atoms with Crippen molar-refractivity contribution in [1.29, 1.82) is 0 Å². The molecule has 1 aromatic carbocycles. The lowest BCUT2D eigenvalue weighted by atomic mass is 10.1. The SMILES string of the molecule is O=C(CCC(=O)c1ccccc1)NCc1cncc(-c2ccco2)c1. The Morgan fingerprint density at radius 3 is 2.60 bits per heavy atom. The Morgan fingerprint density at radius 1 is 1.00 bits per heavy atom. The topological polar surface area (TPSA) is 72.2 Å². The number of hydrogen-bond acceptors (Lipinski definition) is 4. The number of carbonyl (C=O) groups excluding carboxylic acids is 2. The van der Waals surface area contributed by atoms with Crippen LogP contribution in [0.1, 0.15) is 28.8 Å². The molecule has 0 unspecified atom stereocenters. The molecule has 2 aromatic heterocycles. The van der Waals surface area contributed by atoms with Crippen LogP contribution in [0.3, 0.4) is 0 Å². The summed E-state index contributed by atoms with van der Waals surface area (Å²) in [5.41, 5.74) is 2.36. The van der Waals surface area contributed by atoms with Gasteiger partial charge in [-0.05, 0) is 23.8 Å². The first-order valence-corrected chi connectivity index (χ1v) is 8.05. The van der Waals surface area contributed by atoms with Crippen LogP contribution in [0.4, 0.5) is 0 Å². The molecule has 126 valence electrons. The van der Waals surface area contributed by atoms with Crippen molar-refractivity contribution in [3.8, 4) is 11.3 Å². The van der Waals surface area contributed by atoms with E-state index in [0.717, 1.165) is 16.9 Å². The molecule has 0 aliphatic rings. The highest BCUT2D eigenvalue weighted by atomic mass is 16.3. The molecular formula is C20H18N2O3. The molecule has 0 spiro atoms. The van der Waals surface area contributed by atoms with Gasteiger partial charge in [-0.25, -0.2) is 0 Å². The average molecular weight is 334 g/mol. The van der Waals surface area contributed by atoms with Gasteiger partial charge in [0, 0.05) is 42.9 Å². The third kappa shape index (κ3) is 4.64. The first-order valence-electron chi connectivity index (χ1n) is 8.05. The van der Waals surface area contributed by atoms with Crippen molar-refractivity contribution in [3.63, 3.8) is 0 Å².